The number of hydrogen-bond donors (Lipinski definition) is 4. The molecule has 39 heavy (non-hydrogen) atoms. The maximum Gasteiger partial charge on any atom is 0.321 e. The zero-order valence-electron chi connectivity index (χ0n) is 20.9. The molecule has 0 bridgehead atoms. The molecule has 4 N–H and O–H groups in total. The zero-order chi connectivity index (χ0) is 27.5. The van der Waals surface area contributed by atoms with Crippen molar-refractivity contribution < 1.29 is 18.8 Å². The van der Waals surface area contributed by atoms with Gasteiger partial charge in [0.25, 0.3) is 11.8 Å². The Morgan fingerprint density at radius 3 is 2.59 bits per heavy atom. The van der Waals surface area contributed by atoms with Crippen LogP contribution in [0.25, 0.3) is 11.4 Å². The molecule has 4 amide bonds. The number of carbonyl (C=O) groups is 3. The summed E-state index contributed by atoms with van der Waals surface area (Å²) < 4.78 is 13.5. The van der Waals surface area contributed by atoms with Gasteiger partial charge in [-0.05, 0) is 35.4 Å². The van der Waals surface area contributed by atoms with Crippen LogP contribution in [-0.4, -0.2) is 62.0 Å². The zero-order valence-corrected chi connectivity index (χ0v) is 20.9. The first-order chi connectivity index (χ1) is 18.8. The van der Waals surface area contributed by atoms with E-state index in [1.807, 2.05) is 0 Å². The summed E-state index contributed by atoms with van der Waals surface area (Å²) >= 11 is 0. The van der Waals surface area contributed by atoms with Crippen LogP contribution in [0.4, 0.5) is 14.9 Å². The molecule has 2 aromatic carbocycles. The standard InChI is InChI=1S/C25H23FN10O3/c1-13-7-14(3-6-17(13)26)10-28-23(37)18-9-19(30-12-29-18)24(38)31-20-11-36(25(39)27-2)21-8-15(4-5-16(20)21)22-32-34-35-33-22/h3-9,12,20H,10-11H2,1-2H3,(H,27,39)(H,28,37)(H,31,38)(H,32,33,34,35)/t20-/m0/s1. The van der Waals surface area contributed by atoms with Crippen LogP contribution in [-0.2, 0) is 6.54 Å². The van der Waals surface area contributed by atoms with Gasteiger partial charge < -0.3 is 16.0 Å². The first-order valence-electron chi connectivity index (χ1n) is 11.9. The molecule has 1 aliphatic heterocycles. The molecule has 2 aromatic heterocycles. The Kier molecular flexibility index (Phi) is 6.91. The van der Waals surface area contributed by atoms with E-state index in [4.69, 9.17) is 0 Å². The lowest BCUT2D eigenvalue weighted by molar-refractivity contribution is 0.0933. The Morgan fingerprint density at radius 1 is 1.08 bits per heavy atom. The molecule has 0 fully saturated rings. The number of halogens is 1. The maximum atomic E-state index is 13.5. The number of rotatable bonds is 6. The Hall–Kier alpha value is -5.27. The highest BCUT2D eigenvalue weighted by Gasteiger charge is 2.34. The predicted octanol–water partition coefficient (Wildman–Crippen LogP) is 1.66. The molecule has 0 saturated carbocycles. The van der Waals surface area contributed by atoms with Crippen molar-refractivity contribution in [3.8, 4) is 11.4 Å². The van der Waals surface area contributed by atoms with Gasteiger partial charge in [0, 0.05) is 30.8 Å². The Balaban J connectivity index is 1.31. The SMILES string of the molecule is CNC(=O)N1C[C@H](NC(=O)c2cc(C(=O)NCc3ccc(F)c(C)c3)ncn2)c2ccc(-c3nn[nH]n3)cc21. The normalized spacial score (nSPS) is 14.0. The molecule has 4 aromatic rings. The molecule has 14 heteroatoms. The van der Waals surface area contributed by atoms with Crippen LogP contribution >= 0.6 is 0 Å². The number of carbonyl (C=O) groups excluding carboxylic acids is 3. The molecule has 5 rings (SSSR count). The molecule has 0 spiro atoms. The fraction of sp³-hybridized carbons (Fsp3) is 0.200. The highest BCUT2D eigenvalue weighted by atomic mass is 19.1. The molecule has 0 saturated heterocycles. The van der Waals surface area contributed by atoms with Crippen LogP contribution in [0.3, 0.4) is 0 Å². The number of aryl methyl sites for hydroxylation is 1. The minimum Gasteiger partial charge on any atom is -0.347 e. The van der Waals surface area contributed by atoms with Crippen LogP contribution in [0.5, 0.6) is 0 Å². The number of tetrazole rings is 1. The summed E-state index contributed by atoms with van der Waals surface area (Å²) in [6.45, 7) is 1.97. The van der Waals surface area contributed by atoms with Crippen LogP contribution < -0.4 is 20.9 Å². The molecule has 198 valence electrons. The second-order valence-electron chi connectivity index (χ2n) is 8.76. The van der Waals surface area contributed by atoms with Crippen LogP contribution in [0.1, 0.15) is 43.7 Å². The van der Waals surface area contributed by atoms with Gasteiger partial charge in [-0.3, -0.25) is 14.5 Å². The van der Waals surface area contributed by atoms with Gasteiger partial charge in [-0.1, -0.05) is 24.3 Å². The molecule has 0 aliphatic carbocycles. The summed E-state index contributed by atoms with van der Waals surface area (Å²) in [7, 11) is 1.52. The lowest BCUT2D eigenvalue weighted by Gasteiger charge is -2.17. The predicted molar refractivity (Wildman–Crippen MR) is 136 cm³/mol. The number of nitrogens with zero attached hydrogens (tertiary/aromatic N) is 6. The van der Waals surface area contributed by atoms with Crippen LogP contribution in [0.2, 0.25) is 0 Å². The van der Waals surface area contributed by atoms with Gasteiger partial charge >= 0.3 is 6.03 Å². The van der Waals surface area contributed by atoms with Gasteiger partial charge in [-0.15, -0.1) is 10.2 Å². The third-order valence-electron chi connectivity index (χ3n) is 6.24. The fourth-order valence-corrected chi connectivity index (χ4v) is 4.25. The number of aromatic nitrogens is 6. The Morgan fingerprint density at radius 2 is 1.87 bits per heavy atom. The van der Waals surface area contributed by atoms with E-state index in [2.05, 4.69) is 46.5 Å². The van der Waals surface area contributed by atoms with E-state index in [1.54, 1.807) is 37.3 Å². The summed E-state index contributed by atoms with van der Waals surface area (Å²) in [5, 5.41) is 22.1. The summed E-state index contributed by atoms with van der Waals surface area (Å²) in [5.41, 5.74) is 3.11. The topological polar surface area (TPSA) is 171 Å². The fourth-order valence-electron chi connectivity index (χ4n) is 4.25. The van der Waals surface area contributed by atoms with E-state index in [0.717, 1.165) is 11.9 Å². The lowest BCUT2D eigenvalue weighted by Crippen LogP contribution is -2.40. The average Bonchev–Trinajstić information content (AvgIpc) is 3.62. The minimum absolute atomic E-state index is 0.00227. The summed E-state index contributed by atoms with van der Waals surface area (Å²) in [6, 6.07) is 10.2. The average molecular weight is 531 g/mol. The third kappa shape index (κ3) is 5.25. The second-order valence-corrected chi connectivity index (χ2v) is 8.76. The molecule has 0 radical (unpaired) electrons. The molecule has 13 nitrogen and oxygen atoms in total. The monoisotopic (exact) mass is 530 g/mol. The van der Waals surface area contributed by atoms with Gasteiger partial charge in [0.1, 0.15) is 23.5 Å². The number of nitrogens with one attached hydrogen (secondary N) is 4. The van der Waals surface area contributed by atoms with Gasteiger partial charge in [0.15, 0.2) is 0 Å². The molecular formula is C25H23FN10O3. The first-order valence-corrected chi connectivity index (χ1v) is 11.9. The van der Waals surface area contributed by atoms with Gasteiger partial charge in [0.2, 0.25) is 5.82 Å². The number of aromatic amines is 1. The summed E-state index contributed by atoms with van der Waals surface area (Å²) in [4.78, 5) is 47.8. The molecular weight excluding hydrogens is 507 g/mol. The highest BCUT2D eigenvalue weighted by Crippen LogP contribution is 2.37. The minimum atomic E-state index is -0.544. The van der Waals surface area contributed by atoms with E-state index in [1.165, 1.54) is 24.1 Å². The van der Waals surface area contributed by atoms with Crippen LogP contribution in [0.15, 0.2) is 48.8 Å². The number of anilines is 1. The lowest BCUT2D eigenvalue weighted by atomic mass is 10.1. The highest BCUT2D eigenvalue weighted by molar-refractivity contribution is 5.99. The smallest absolute Gasteiger partial charge is 0.321 e. The second kappa shape index (κ2) is 10.6. The third-order valence-corrected chi connectivity index (χ3v) is 6.24. The van der Waals surface area contributed by atoms with Crippen molar-refractivity contribution in [2.75, 3.05) is 18.5 Å². The largest absolute Gasteiger partial charge is 0.347 e. The quantitative estimate of drug-likeness (QED) is 0.292. The van der Waals surface area contributed by atoms with Crippen molar-refractivity contribution in [1.82, 2.24) is 46.5 Å². The summed E-state index contributed by atoms with van der Waals surface area (Å²) in [5.74, 6) is -1.02. The number of urea groups is 1. The van der Waals surface area contributed by atoms with Crippen LogP contribution in [0, 0.1) is 12.7 Å². The van der Waals surface area contributed by atoms with Gasteiger partial charge in [-0.2, -0.15) is 5.21 Å². The van der Waals surface area contributed by atoms with Crippen molar-refractivity contribution in [2.45, 2.75) is 19.5 Å². The summed E-state index contributed by atoms with van der Waals surface area (Å²) in [6.07, 6.45) is 1.13. The number of fused-ring (bicyclic) bond motifs is 1. The van der Waals surface area contributed by atoms with E-state index in [9.17, 15) is 18.8 Å². The van der Waals surface area contributed by atoms with Gasteiger partial charge in [-0.25, -0.2) is 19.2 Å². The van der Waals surface area contributed by atoms with Crippen molar-refractivity contribution in [3.63, 3.8) is 0 Å². The molecule has 3 heterocycles. The van der Waals surface area contributed by atoms with Crippen molar-refractivity contribution in [1.29, 1.82) is 0 Å². The Bertz CT molecular complexity index is 1560. The van der Waals surface area contributed by atoms with Crippen molar-refractivity contribution in [2.24, 2.45) is 0 Å². The molecule has 1 aliphatic rings. The van der Waals surface area contributed by atoms with Crippen molar-refractivity contribution in [3.05, 3.63) is 82.7 Å². The van der Waals surface area contributed by atoms with E-state index >= 15 is 0 Å². The first kappa shape index (κ1) is 25.4. The van der Waals surface area contributed by atoms with Gasteiger partial charge in [0.05, 0.1) is 18.3 Å². The maximum absolute atomic E-state index is 13.5. The number of H-pyrrole nitrogens is 1. The molecule has 1 atom stereocenters. The van der Waals surface area contributed by atoms with E-state index in [-0.39, 0.29) is 36.3 Å². The number of amides is 4. The number of hydrogen-bond acceptors (Lipinski definition) is 8. The van der Waals surface area contributed by atoms with E-state index in [0.29, 0.717) is 28.2 Å². The van der Waals surface area contributed by atoms with Crippen molar-refractivity contribution >= 4 is 23.5 Å². The number of benzene rings is 2. The molecule has 0 unspecified atom stereocenters. The Labute approximate surface area is 221 Å². The van der Waals surface area contributed by atoms with E-state index < -0.39 is 17.9 Å².